The van der Waals surface area contributed by atoms with Crippen molar-refractivity contribution in [3.8, 4) is 0 Å². The van der Waals surface area contributed by atoms with Crippen LogP contribution >= 0.6 is 9.39 Å². The Balaban J connectivity index is 2.37. The highest BCUT2D eigenvalue weighted by Gasteiger charge is 2.10. The lowest BCUT2D eigenvalue weighted by molar-refractivity contribution is -0.118. The Hall–Kier alpha value is 0.0600. The van der Waals surface area contributed by atoms with Gasteiger partial charge in [0.25, 0.3) is 0 Å². The average Bonchev–Trinajstić information content (AvgIpc) is 1.93. The number of Topliss-reactive ketones (excluding diaryl/α,β-unsaturated/α-hetero) is 1. The van der Waals surface area contributed by atoms with Gasteiger partial charge in [0.15, 0.2) is 0 Å². The van der Waals surface area contributed by atoms with Crippen LogP contribution < -0.4 is 0 Å². The molecule has 3 heteroatoms. The molecule has 52 valence electrons. The molecule has 9 heavy (non-hydrogen) atoms. The zero-order chi connectivity index (χ0) is 6.69. The highest BCUT2D eigenvalue weighted by molar-refractivity contribution is 7.13. The van der Waals surface area contributed by atoms with Crippen LogP contribution in [0.3, 0.4) is 0 Å². The summed E-state index contributed by atoms with van der Waals surface area (Å²) < 4.78 is 2.01. The van der Waals surface area contributed by atoms with Crippen LogP contribution in [0.25, 0.3) is 0 Å². The van der Waals surface area contributed by atoms with E-state index in [1.54, 1.807) is 0 Å². The molecule has 0 amide bonds. The first-order valence-corrected chi connectivity index (χ1v) is 3.82. The van der Waals surface area contributed by atoms with Crippen molar-refractivity contribution >= 4 is 15.2 Å². The van der Waals surface area contributed by atoms with Crippen molar-refractivity contribution < 1.29 is 4.79 Å². The van der Waals surface area contributed by atoms with Crippen LogP contribution in [0.15, 0.2) is 0 Å². The molecular formula is C6H12NOP. The maximum absolute atomic E-state index is 10.8. The molecule has 1 aliphatic heterocycles. The first-order valence-electron chi connectivity index (χ1n) is 3.30. The SMILES string of the molecule is O=C1CCCCN(P)C1. The molecule has 1 unspecified atom stereocenters. The molecule has 1 atom stereocenters. The summed E-state index contributed by atoms with van der Waals surface area (Å²) in [6, 6.07) is 0. The minimum absolute atomic E-state index is 0.377. The zero-order valence-electron chi connectivity index (χ0n) is 5.47. The summed E-state index contributed by atoms with van der Waals surface area (Å²) in [5, 5.41) is 0. The van der Waals surface area contributed by atoms with E-state index in [0.717, 1.165) is 25.8 Å². The summed E-state index contributed by atoms with van der Waals surface area (Å²) in [6.07, 6.45) is 3.02. The Morgan fingerprint density at radius 2 is 2.22 bits per heavy atom. The third kappa shape index (κ3) is 2.42. The van der Waals surface area contributed by atoms with Crippen LogP contribution in [0, 0.1) is 0 Å². The van der Waals surface area contributed by atoms with E-state index in [0.29, 0.717) is 12.3 Å². The van der Waals surface area contributed by atoms with Crippen molar-refractivity contribution in [2.75, 3.05) is 13.1 Å². The lowest BCUT2D eigenvalue weighted by atomic mass is 10.2. The van der Waals surface area contributed by atoms with Gasteiger partial charge in [0.1, 0.15) is 5.78 Å². The summed E-state index contributed by atoms with van der Waals surface area (Å²) in [6.45, 7) is 1.68. The van der Waals surface area contributed by atoms with E-state index in [1.165, 1.54) is 0 Å². The van der Waals surface area contributed by atoms with Gasteiger partial charge < -0.3 is 0 Å². The lowest BCUT2D eigenvalue weighted by Gasteiger charge is -2.09. The molecule has 1 fully saturated rings. The van der Waals surface area contributed by atoms with Gasteiger partial charge in [-0.1, -0.05) is 9.39 Å². The van der Waals surface area contributed by atoms with E-state index in [2.05, 4.69) is 9.39 Å². The number of hydrogen-bond acceptors (Lipinski definition) is 2. The quantitative estimate of drug-likeness (QED) is 0.470. The molecule has 0 saturated carbocycles. The first kappa shape index (κ1) is 7.17. The lowest BCUT2D eigenvalue weighted by Crippen LogP contribution is -2.17. The number of nitrogens with zero attached hydrogens (tertiary/aromatic N) is 1. The van der Waals surface area contributed by atoms with Crippen molar-refractivity contribution in [2.24, 2.45) is 0 Å². The van der Waals surface area contributed by atoms with Crippen LogP contribution in [0.5, 0.6) is 0 Å². The molecule has 1 heterocycles. The Morgan fingerprint density at radius 1 is 1.44 bits per heavy atom. The predicted octanol–water partition coefficient (Wildman–Crippen LogP) is 0.831. The molecule has 2 nitrogen and oxygen atoms in total. The fraction of sp³-hybridized carbons (Fsp3) is 0.833. The maximum Gasteiger partial charge on any atom is 0.147 e. The summed E-state index contributed by atoms with van der Waals surface area (Å²) >= 11 is 0. The van der Waals surface area contributed by atoms with E-state index in [-0.39, 0.29) is 0 Å². The van der Waals surface area contributed by atoms with Gasteiger partial charge in [-0.25, -0.2) is 0 Å². The number of carbonyl (C=O) groups excluding carboxylic acids is 1. The smallest absolute Gasteiger partial charge is 0.147 e. The van der Waals surface area contributed by atoms with Crippen molar-refractivity contribution in [2.45, 2.75) is 19.3 Å². The second kappa shape index (κ2) is 3.28. The van der Waals surface area contributed by atoms with E-state index in [4.69, 9.17) is 0 Å². The maximum atomic E-state index is 10.8. The summed E-state index contributed by atoms with van der Waals surface area (Å²) in [5.74, 6) is 0.377. The number of rotatable bonds is 0. The van der Waals surface area contributed by atoms with Crippen LogP contribution in [0.2, 0.25) is 0 Å². The number of hydrogen-bond donors (Lipinski definition) is 0. The second-order valence-electron chi connectivity index (χ2n) is 2.47. The van der Waals surface area contributed by atoms with Gasteiger partial charge in [-0.05, 0) is 12.8 Å². The monoisotopic (exact) mass is 145 g/mol. The highest BCUT2D eigenvalue weighted by atomic mass is 31.0. The summed E-state index contributed by atoms with van der Waals surface area (Å²) in [4.78, 5) is 10.8. The zero-order valence-corrected chi connectivity index (χ0v) is 6.62. The minimum atomic E-state index is 0.377. The van der Waals surface area contributed by atoms with Crippen LogP contribution in [-0.4, -0.2) is 23.5 Å². The standard InChI is InChI=1S/C6H12NOP/c8-6-3-1-2-4-7(9)5-6/h1-5,9H2. The second-order valence-corrected chi connectivity index (χ2v) is 3.20. The van der Waals surface area contributed by atoms with Gasteiger partial charge in [0.05, 0.1) is 6.54 Å². The molecular weight excluding hydrogens is 133 g/mol. The molecule has 0 aliphatic carbocycles. The van der Waals surface area contributed by atoms with Crippen molar-refractivity contribution in [3.05, 3.63) is 0 Å². The molecule has 0 radical (unpaired) electrons. The number of carbonyl (C=O) groups is 1. The van der Waals surface area contributed by atoms with E-state index in [1.807, 2.05) is 4.67 Å². The van der Waals surface area contributed by atoms with Crippen molar-refractivity contribution in [1.82, 2.24) is 4.67 Å². The molecule has 0 aromatic heterocycles. The van der Waals surface area contributed by atoms with Crippen molar-refractivity contribution in [3.63, 3.8) is 0 Å². The van der Waals surface area contributed by atoms with E-state index in [9.17, 15) is 4.79 Å². The topological polar surface area (TPSA) is 20.3 Å². The third-order valence-corrected chi connectivity index (χ3v) is 1.97. The molecule has 0 aromatic rings. The van der Waals surface area contributed by atoms with E-state index < -0.39 is 0 Å². The van der Waals surface area contributed by atoms with E-state index >= 15 is 0 Å². The number of ketones is 1. The summed E-state index contributed by atoms with van der Waals surface area (Å²) in [7, 11) is 2.58. The fourth-order valence-electron chi connectivity index (χ4n) is 1.02. The van der Waals surface area contributed by atoms with Gasteiger partial charge in [-0.3, -0.25) is 9.46 Å². The third-order valence-electron chi connectivity index (χ3n) is 1.53. The Labute approximate surface area is 57.9 Å². The molecule has 1 aliphatic rings. The fourth-order valence-corrected chi connectivity index (χ4v) is 1.41. The summed E-state index contributed by atoms with van der Waals surface area (Å²) in [5.41, 5.74) is 0. The minimum Gasteiger partial charge on any atom is -0.298 e. The molecule has 1 saturated heterocycles. The van der Waals surface area contributed by atoms with Gasteiger partial charge in [0.2, 0.25) is 0 Å². The molecule has 0 aromatic carbocycles. The predicted molar refractivity (Wildman–Crippen MR) is 40.1 cm³/mol. The Kier molecular flexibility index (Phi) is 2.62. The van der Waals surface area contributed by atoms with Gasteiger partial charge in [0, 0.05) is 13.0 Å². The Morgan fingerprint density at radius 3 is 3.00 bits per heavy atom. The van der Waals surface area contributed by atoms with Gasteiger partial charge in [-0.2, -0.15) is 0 Å². The van der Waals surface area contributed by atoms with Crippen LogP contribution in [-0.2, 0) is 4.79 Å². The normalized spacial score (nSPS) is 23.9. The largest absolute Gasteiger partial charge is 0.298 e. The first-order chi connectivity index (χ1) is 4.29. The molecule has 0 spiro atoms. The van der Waals surface area contributed by atoms with Gasteiger partial charge >= 0.3 is 0 Å². The highest BCUT2D eigenvalue weighted by Crippen LogP contribution is 2.09. The van der Waals surface area contributed by atoms with Crippen LogP contribution in [0.1, 0.15) is 19.3 Å². The molecule has 0 N–H and O–H groups in total. The Bertz CT molecular complexity index is 116. The van der Waals surface area contributed by atoms with Crippen molar-refractivity contribution in [1.29, 1.82) is 0 Å². The van der Waals surface area contributed by atoms with Crippen LogP contribution in [0.4, 0.5) is 0 Å². The van der Waals surface area contributed by atoms with Gasteiger partial charge in [-0.15, -0.1) is 0 Å². The molecule has 0 bridgehead atoms. The average molecular weight is 145 g/mol. The molecule has 1 rings (SSSR count).